The van der Waals surface area contributed by atoms with Gasteiger partial charge in [0.25, 0.3) is 5.91 Å². The summed E-state index contributed by atoms with van der Waals surface area (Å²) in [7, 11) is 0. The quantitative estimate of drug-likeness (QED) is 0.717. The highest BCUT2D eigenvalue weighted by Crippen LogP contribution is 2.35. The minimum absolute atomic E-state index is 0.106. The minimum Gasteiger partial charge on any atom is -0.379 e. The molecule has 3 rings (SSSR count). The van der Waals surface area contributed by atoms with E-state index >= 15 is 0 Å². The Morgan fingerprint density at radius 3 is 2.75 bits per heavy atom. The molecule has 0 saturated heterocycles. The number of nitrogens with zero attached hydrogens (tertiary/aromatic N) is 1. The molecule has 5 heteroatoms. The fourth-order valence-electron chi connectivity index (χ4n) is 3.29. The molecule has 146 valence electrons. The minimum atomic E-state index is -0.348. The molecule has 1 atom stereocenters. The summed E-state index contributed by atoms with van der Waals surface area (Å²) in [5.74, 6) is 0.838. The van der Waals surface area contributed by atoms with Crippen molar-refractivity contribution in [3.63, 3.8) is 0 Å². The largest absolute Gasteiger partial charge is 0.379 e. The van der Waals surface area contributed by atoms with E-state index in [-0.39, 0.29) is 11.4 Å². The molecule has 0 radical (unpaired) electrons. The number of carbonyl (C=O) groups is 1. The maximum absolute atomic E-state index is 12.7. The number of rotatable bonds is 4. The second-order valence-corrected chi connectivity index (χ2v) is 8.59. The van der Waals surface area contributed by atoms with Crippen LogP contribution < -0.4 is 11.1 Å². The summed E-state index contributed by atoms with van der Waals surface area (Å²) in [6, 6.07) is 14.0. The Labute approximate surface area is 171 Å². The number of carbonyl (C=O) groups excluding carboxylic acids is 1. The Morgan fingerprint density at radius 1 is 1.25 bits per heavy atom. The molecular formula is C23H27N3OS. The zero-order chi connectivity index (χ0) is 20.3. The molecule has 0 aliphatic carbocycles. The number of aliphatic imine (C=N–C) groups is 1. The number of amides is 1. The summed E-state index contributed by atoms with van der Waals surface area (Å²) in [6.45, 7) is 8.08. The van der Waals surface area contributed by atoms with E-state index in [0.29, 0.717) is 10.7 Å². The lowest BCUT2D eigenvalue weighted by atomic mass is 9.89. The molecule has 1 heterocycles. The molecule has 1 unspecified atom stereocenters. The summed E-state index contributed by atoms with van der Waals surface area (Å²) >= 11 is 1.59. The van der Waals surface area contributed by atoms with Crippen molar-refractivity contribution in [1.82, 2.24) is 0 Å². The smallest absolute Gasteiger partial charge is 0.251 e. The first kappa shape index (κ1) is 20.2. The zero-order valence-corrected chi connectivity index (χ0v) is 17.7. The Hall–Kier alpha value is -2.53. The van der Waals surface area contributed by atoms with Gasteiger partial charge in [0.15, 0.2) is 5.17 Å². The Bertz CT molecular complexity index is 964. The normalized spacial score (nSPS) is 19.9. The first-order valence-corrected chi connectivity index (χ1v) is 10.4. The summed E-state index contributed by atoms with van der Waals surface area (Å²) in [5, 5.41) is 3.63. The Balaban J connectivity index is 1.80. The third-order valence-electron chi connectivity index (χ3n) is 5.31. The van der Waals surface area contributed by atoms with Crippen molar-refractivity contribution in [2.24, 2.45) is 10.7 Å². The first-order valence-electron chi connectivity index (χ1n) is 9.43. The molecule has 2 aromatic carbocycles. The van der Waals surface area contributed by atoms with E-state index in [0.717, 1.165) is 29.0 Å². The second kappa shape index (κ2) is 8.23. The van der Waals surface area contributed by atoms with Gasteiger partial charge in [-0.3, -0.25) is 9.79 Å². The number of benzene rings is 2. The third-order valence-corrected chi connectivity index (χ3v) is 6.11. The molecule has 4 nitrogen and oxygen atoms in total. The van der Waals surface area contributed by atoms with E-state index < -0.39 is 0 Å². The van der Waals surface area contributed by atoms with Gasteiger partial charge in [-0.1, -0.05) is 42.1 Å². The molecule has 3 N–H and O–H groups in total. The van der Waals surface area contributed by atoms with Gasteiger partial charge in [0.2, 0.25) is 0 Å². The lowest BCUT2D eigenvalue weighted by Crippen LogP contribution is -2.28. The average molecular weight is 394 g/mol. The molecule has 1 aliphatic rings. The van der Waals surface area contributed by atoms with E-state index in [2.05, 4.69) is 37.1 Å². The van der Waals surface area contributed by atoms with E-state index in [1.807, 2.05) is 49.4 Å². The number of amidine groups is 1. The van der Waals surface area contributed by atoms with Crippen molar-refractivity contribution >= 4 is 34.6 Å². The van der Waals surface area contributed by atoms with E-state index in [1.54, 1.807) is 11.8 Å². The van der Waals surface area contributed by atoms with Gasteiger partial charge < -0.3 is 11.1 Å². The van der Waals surface area contributed by atoms with Crippen molar-refractivity contribution in [3.8, 4) is 0 Å². The average Bonchev–Trinajstić information content (AvgIpc) is 2.65. The summed E-state index contributed by atoms with van der Waals surface area (Å²) in [5.41, 5.74) is 11.6. The van der Waals surface area contributed by atoms with Crippen LogP contribution in [0.3, 0.4) is 0 Å². The predicted molar refractivity (Wildman–Crippen MR) is 121 cm³/mol. The van der Waals surface area contributed by atoms with Crippen molar-refractivity contribution in [2.45, 2.75) is 39.7 Å². The lowest BCUT2D eigenvalue weighted by Gasteiger charge is -2.30. The van der Waals surface area contributed by atoms with E-state index in [9.17, 15) is 4.79 Å². The fourth-order valence-corrected chi connectivity index (χ4v) is 4.26. The zero-order valence-electron chi connectivity index (χ0n) is 16.9. The van der Waals surface area contributed by atoms with Crippen molar-refractivity contribution in [3.05, 3.63) is 70.3 Å². The Morgan fingerprint density at radius 2 is 2.00 bits per heavy atom. The van der Waals surface area contributed by atoms with Gasteiger partial charge in [-0.2, -0.15) is 0 Å². The van der Waals surface area contributed by atoms with Crippen LogP contribution in [-0.2, 0) is 10.3 Å². The standard InChI is InChI=1S/C23H27N3OS/c1-15-7-5-8-18(17(15)3)13-16(2)21(27)25-20-10-6-9-19(14-20)23(4)11-12-28-22(24)26-23/h5-10,13-14H,11-12H2,1-4H3,(H2,24,26)(H,25,27)/b16-13+. The molecule has 0 bridgehead atoms. The number of nitrogens with one attached hydrogen (secondary N) is 1. The van der Waals surface area contributed by atoms with Crippen LogP contribution in [0.1, 0.15) is 42.5 Å². The first-order chi connectivity index (χ1) is 13.3. The van der Waals surface area contributed by atoms with Crippen LogP contribution in [0.5, 0.6) is 0 Å². The molecule has 0 spiro atoms. The number of hydrogen-bond donors (Lipinski definition) is 2. The van der Waals surface area contributed by atoms with Gasteiger partial charge in [-0.05, 0) is 74.6 Å². The summed E-state index contributed by atoms with van der Waals surface area (Å²) < 4.78 is 0. The van der Waals surface area contributed by atoms with Crippen LogP contribution in [0.4, 0.5) is 5.69 Å². The van der Waals surface area contributed by atoms with E-state index in [4.69, 9.17) is 5.73 Å². The van der Waals surface area contributed by atoms with Crippen LogP contribution >= 0.6 is 11.8 Å². The van der Waals surface area contributed by atoms with Crippen molar-refractivity contribution < 1.29 is 4.79 Å². The monoisotopic (exact) mass is 393 g/mol. The highest BCUT2D eigenvalue weighted by molar-refractivity contribution is 8.13. The molecule has 0 fully saturated rings. The van der Waals surface area contributed by atoms with Crippen LogP contribution in [0.25, 0.3) is 6.08 Å². The SMILES string of the molecule is C/C(=C\c1cccc(C)c1C)C(=O)Nc1cccc(C2(C)CCSC(N)=N2)c1. The Kier molecular flexibility index (Phi) is 5.94. The van der Waals surface area contributed by atoms with E-state index in [1.165, 1.54) is 11.1 Å². The number of aryl methyl sites for hydroxylation is 1. The predicted octanol–water partition coefficient (Wildman–Crippen LogP) is 5.01. The summed E-state index contributed by atoms with van der Waals surface area (Å²) in [6.07, 6.45) is 2.85. The molecular weight excluding hydrogens is 366 g/mol. The maximum Gasteiger partial charge on any atom is 0.251 e. The number of anilines is 1. The van der Waals surface area contributed by atoms with Gasteiger partial charge in [0.05, 0.1) is 5.54 Å². The summed E-state index contributed by atoms with van der Waals surface area (Å²) in [4.78, 5) is 17.3. The number of hydrogen-bond acceptors (Lipinski definition) is 4. The second-order valence-electron chi connectivity index (χ2n) is 7.47. The van der Waals surface area contributed by atoms with Crippen LogP contribution in [0, 0.1) is 13.8 Å². The third kappa shape index (κ3) is 4.47. The fraction of sp³-hybridized carbons (Fsp3) is 0.304. The van der Waals surface area contributed by atoms with Crippen molar-refractivity contribution in [1.29, 1.82) is 0 Å². The lowest BCUT2D eigenvalue weighted by molar-refractivity contribution is -0.112. The molecule has 0 saturated carbocycles. The van der Waals surface area contributed by atoms with Gasteiger partial charge in [-0.15, -0.1) is 0 Å². The van der Waals surface area contributed by atoms with Crippen LogP contribution in [-0.4, -0.2) is 16.8 Å². The number of thioether (sulfide) groups is 1. The van der Waals surface area contributed by atoms with Crippen LogP contribution in [0.2, 0.25) is 0 Å². The van der Waals surface area contributed by atoms with Gasteiger partial charge in [0.1, 0.15) is 0 Å². The van der Waals surface area contributed by atoms with Crippen LogP contribution in [0.15, 0.2) is 53.0 Å². The van der Waals surface area contributed by atoms with Gasteiger partial charge in [0, 0.05) is 17.0 Å². The number of nitrogens with two attached hydrogens (primary N) is 1. The topological polar surface area (TPSA) is 67.5 Å². The molecule has 1 aliphatic heterocycles. The van der Waals surface area contributed by atoms with Gasteiger partial charge in [-0.25, -0.2) is 0 Å². The molecule has 28 heavy (non-hydrogen) atoms. The van der Waals surface area contributed by atoms with Gasteiger partial charge >= 0.3 is 0 Å². The highest BCUT2D eigenvalue weighted by Gasteiger charge is 2.29. The molecule has 0 aromatic heterocycles. The molecule has 2 aromatic rings. The highest BCUT2D eigenvalue weighted by atomic mass is 32.2. The molecule has 1 amide bonds. The van der Waals surface area contributed by atoms with Crippen molar-refractivity contribution in [2.75, 3.05) is 11.1 Å². The maximum atomic E-state index is 12.7.